The summed E-state index contributed by atoms with van der Waals surface area (Å²) < 4.78 is 0. The predicted molar refractivity (Wildman–Crippen MR) is 104 cm³/mol. The van der Waals surface area contributed by atoms with E-state index >= 15 is 0 Å². The molecule has 144 valence electrons. The highest BCUT2D eigenvalue weighted by atomic mass is 32.2. The Hall–Kier alpha value is -2.09. The number of carbonyl (C=O) groups excluding carboxylic acids is 2. The van der Waals surface area contributed by atoms with Crippen molar-refractivity contribution >= 4 is 29.3 Å². The van der Waals surface area contributed by atoms with Crippen molar-refractivity contribution in [1.29, 1.82) is 0 Å². The fourth-order valence-electron chi connectivity index (χ4n) is 2.05. The Balaban J connectivity index is 2.77. The van der Waals surface area contributed by atoms with Crippen molar-refractivity contribution < 1.29 is 14.5 Å². The molecule has 8 heteroatoms. The van der Waals surface area contributed by atoms with Crippen LogP contribution in [0.1, 0.15) is 51.4 Å². The molecule has 7 nitrogen and oxygen atoms in total. The highest BCUT2D eigenvalue weighted by Gasteiger charge is 2.19. The molecular formula is C18H27N3O4S. The normalized spacial score (nSPS) is 11.3. The highest BCUT2D eigenvalue weighted by Crippen LogP contribution is 2.31. The molecule has 26 heavy (non-hydrogen) atoms. The Morgan fingerprint density at radius 2 is 1.92 bits per heavy atom. The molecule has 0 unspecified atom stereocenters. The first kappa shape index (κ1) is 22.0. The van der Waals surface area contributed by atoms with E-state index < -0.39 is 16.4 Å². The number of nitrogens with zero attached hydrogens (tertiary/aromatic N) is 1. The van der Waals surface area contributed by atoms with Gasteiger partial charge in [0.15, 0.2) is 0 Å². The Morgan fingerprint density at radius 1 is 1.27 bits per heavy atom. The number of nitrogens with one attached hydrogen (secondary N) is 2. The van der Waals surface area contributed by atoms with Crippen LogP contribution in [-0.2, 0) is 4.79 Å². The average molecular weight is 381 g/mol. The second-order valence-electron chi connectivity index (χ2n) is 7.45. The molecule has 0 aromatic heterocycles. The van der Waals surface area contributed by atoms with E-state index in [4.69, 9.17) is 0 Å². The summed E-state index contributed by atoms with van der Waals surface area (Å²) in [6.45, 7) is 9.52. The Bertz CT molecular complexity index is 669. The van der Waals surface area contributed by atoms with Crippen LogP contribution in [0.4, 0.5) is 5.69 Å². The van der Waals surface area contributed by atoms with E-state index in [1.807, 2.05) is 20.8 Å². The summed E-state index contributed by atoms with van der Waals surface area (Å²) in [4.78, 5) is 35.3. The summed E-state index contributed by atoms with van der Waals surface area (Å²) in [6.07, 6.45) is 0.951. The zero-order valence-electron chi connectivity index (χ0n) is 15.9. The summed E-state index contributed by atoms with van der Waals surface area (Å²) in [7, 11) is 0. The predicted octanol–water partition coefficient (Wildman–Crippen LogP) is 3.38. The number of nitro groups is 1. The van der Waals surface area contributed by atoms with Crippen molar-refractivity contribution in [3.8, 4) is 0 Å². The third-order valence-electron chi connectivity index (χ3n) is 3.29. The van der Waals surface area contributed by atoms with Crippen LogP contribution in [0.5, 0.6) is 0 Å². The molecule has 0 radical (unpaired) electrons. The second-order valence-corrected chi connectivity index (χ2v) is 8.59. The van der Waals surface area contributed by atoms with Crippen LogP contribution in [-0.4, -0.2) is 34.6 Å². The maximum absolute atomic E-state index is 12.2. The summed E-state index contributed by atoms with van der Waals surface area (Å²) >= 11 is 1.41. The third-order valence-corrected chi connectivity index (χ3v) is 4.39. The van der Waals surface area contributed by atoms with Gasteiger partial charge < -0.3 is 10.6 Å². The first-order valence-electron chi connectivity index (χ1n) is 8.50. The van der Waals surface area contributed by atoms with Gasteiger partial charge in [-0.3, -0.25) is 19.7 Å². The van der Waals surface area contributed by atoms with Gasteiger partial charge >= 0.3 is 0 Å². The highest BCUT2D eigenvalue weighted by molar-refractivity contribution is 7.99. The van der Waals surface area contributed by atoms with Crippen LogP contribution >= 0.6 is 11.8 Å². The molecule has 1 rings (SSSR count). The molecule has 0 aliphatic rings. The van der Waals surface area contributed by atoms with Crippen LogP contribution in [0, 0.1) is 16.0 Å². The lowest BCUT2D eigenvalue weighted by molar-refractivity contribution is -0.387. The largest absolute Gasteiger partial charge is 0.350 e. The Morgan fingerprint density at radius 3 is 2.46 bits per heavy atom. The molecule has 0 atom stereocenters. The lowest BCUT2D eigenvalue weighted by Crippen LogP contribution is -2.45. The molecule has 0 aliphatic heterocycles. The summed E-state index contributed by atoms with van der Waals surface area (Å²) in [5, 5.41) is 16.5. The lowest BCUT2D eigenvalue weighted by atomic mass is 10.1. The molecule has 0 bridgehead atoms. The Labute approximate surface area is 158 Å². The van der Waals surface area contributed by atoms with E-state index in [9.17, 15) is 19.7 Å². The molecule has 0 aliphatic carbocycles. The van der Waals surface area contributed by atoms with Gasteiger partial charge in [-0.15, -0.1) is 11.8 Å². The fourth-order valence-corrected chi connectivity index (χ4v) is 3.31. The van der Waals surface area contributed by atoms with Gasteiger partial charge in [0.25, 0.3) is 11.6 Å². The van der Waals surface area contributed by atoms with E-state index in [-0.39, 0.29) is 23.7 Å². The third kappa shape index (κ3) is 7.86. The average Bonchev–Trinajstić information content (AvgIpc) is 2.50. The van der Waals surface area contributed by atoms with E-state index in [1.54, 1.807) is 12.1 Å². The van der Waals surface area contributed by atoms with E-state index in [0.29, 0.717) is 10.8 Å². The van der Waals surface area contributed by atoms with Gasteiger partial charge in [-0.25, -0.2) is 0 Å². The van der Waals surface area contributed by atoms with Crippen molar-refractivity contribution in [3.05, 3.63) is 33.9 Å². The molecular weight excluding hydrogens is 354 g/mol. The van der Waals surface area contributed by atoms with Crippen LogP contribution in [0.2, 0.25) is 0 Å². The van der Waals surface area contributed by atoms with Crippen molar-refractivity contribution in [1.82, 2.24) is 10.6 Å². The van der Waals surface area contributed by atoms with Crippen LogP contribution < -0.4 is 10.6 Å². The van der Waals surface area contributed by atoms with Gasteiger partial charge in [0.05, 0.1) is 16.4 Å². The quantitative estimate of drug-likeness (QED) is 0.408. The van der Waals surface area contributed by atoms with Gasteiger partial charge in [-0.2, -0.15) is 0 Å². The van der Waals surface area contributed by atoms with Crippen molar-refractivity contribution in [2.45, 2.75) is 51.5 Å². The van der Waals surface area contributed by atoms with Crippen molar-refractivity contribution in [2.75, 3.05) is 12.3 Å². The monoisotopic (exact) mass is 381 g/mol. The zero-order valence-corrected chi connectivity index (χ0v) is 16.7. The SMILES string of the molecule is CC(C)CCSc1ccc(C(=O)NCC(=O)NC(C)(C)C)cc1[N+](=O)[O-]. The fraction of sp³-hybridized carbons (Fsp3) is 0.556. The van der Waals surface area contributed by atoms with Gasteiger partial charge in [-0.1, -0.05) is 13.8 Å². The number of benzene rings is 1. The molecule has 0 saturated carbocycles. The van der Waals surface area contributed by atoms with Crippen molar-refractivity contribution in [3.63, 3.8) is 0 Å². The first-order valence-corrected chi connectivity index (χ1v) is 9.48. The maximum Gasteiger partial charge on any atom is 0.283 e. The van der Waals surface area contributed by atoms with E-state index in [2.05, 4.69) is 24.5 Å². The summed E-state index contributed by atoms with van der Waals surface area (Å²) in [6, 6.07) is 4.39. The van der Waals surface area contributed by atoms with Gasteiger partial charge in [0.2, 0.25) is 5.91 Å². The smallest absolute Gasteiger partial charge is 0.283 e. The first-order chi connectivity index (χ1) is 12.0. The standard InChI is InChI=1S/C18H27N3O4S/c1-12(2)8-9-26-15-7-6-13(10-14(15)21(24)25)17(23)19-11-16(22)20-18(3,4)5/h6-7,10,12H,8-9,11H2,1-5H3,(H,19,23)(H,20,22). The number of amides is 2. The maximum atomic E-state index is 12.2. The molecule has 1 aromatic carbocycles. The number of hydrogen-bond donors (Lipinski definition) is 2. The topological polar surface area (TPSA) is 101 Å². The van der Waals surface area contributed by atoms with Crippen LogP contribution in [0.3, 0.4) is 0 Å². The molecule has 0 spiro atoms. The lowest BCUT2D eigenvalue weighted by Gasteiger charge is -2.20. The Kier molecular flexibility index (Phi) is 8.08. The van der Waals surface area contributed by atoms with E-state index in [0.717, 1.165) is 12.2 Å². The summed E-state index contributed by atoms with van der Waals surface area (Å²) in [5.74, 6) is 0.458. The second kappa shape index (κ2) is 9.56. The minimum atomic E-state index is -0.518. The van der Waals surface area contributed by atoms with Gasteiger partial charge in [-0.05, 0) is 51.0 Å². The molecule has 0 fully saturated rings. The number of thioether (sulfide) groups is 1. The molecule has 1 aromatic rings. The van der Waals surface area contributed by atoms with E-state index in [1.165, 1.54) is 17.8 Å². The van der Waals surface area contributed by atoms with Crippen molar-refractivity contribution in [2.24, 2.45) is 5.92 Å². The zero-order chi connectivity index (χ0) is 19.9. The molecule has 2 N–H and O–H groups in total. The number of rotatable bonds is 8. The van der Waals surface area contributed by atoms with Gasteiger partial charge in [0.1, 0.15) is 0 Å². The minimum Gasteiger partial charge on any atom is -0.350 e. The molecule has 2 amide bonds. The van der Waals surface area contributed by atoms with Crippen LogP contribution in [0.25, 0.3) is 0 Å². The number of hydrogen-bond acceptors (Lipinski definition) is 5. The van der Waals surface area contributed by atoms with Crippen LogP contribution in [0.15, 0.2) is 23.1 Å². The molecule has 0 heterocycles. The summed E-state index contributed by atoms with van der Waals surface area (Å²) in [5.41, 5.74) is -0.325. The number of carbonyl (C=O) groups is 2. The molecule has 0 saturated heterocycles. The van der Waals surface area contributed by atoms with Gasteiger partial charge in [0, 0.05) is 17.2 Å². The number of nitro benzene ring substituents is 1. The minimum absolute atomic E-state index is 0.0921.